The zero-order valence-electron chi connectivity index (χ0n) is 8.25. The summed E-state index contributed by atoms with van der Waals surface area (Å²) in [5.74, 6) is 0. The Hall–Kier alpha value is -0.970. The second kappa shape index (κ2) is 5.21. The van der Waals surface area contributed by atoms with Gasteiger partial charge >= 0.3 is 6.03 Å². The van der Waals surface area contributed by atoms with Gasteiger partial charge in [0.05, 0.1) is 7.11 Å². The van der Waals surface area contributed by atoms with Crippen LogP contribution in [0.2, 0.25) is 10.0 Å². The number of nitrogens with zero attached hydrogens (tertiary/aromatic N) is 1. The maximum absolute atomic E-state index is 11.4. The second-order valence-electron chi connectivity index (χ2n) is 2.80. The summed E-state index contributed by atoms with van der Waals surface area (Å²) < 4.78 is 0. The summed E-state index contributed by atoms with van der Waals surface area (Å²) in [6.45, 7) is 0. The van der Waals surface area contributed by atoms with E-state index in [1.54, 1.807) is 25.2 Å². The first kappa shape index (κ1) is 12.1. The number of carbonyl (C=O) groups is 1. The fourth-order valence-electron chi connectivity index (χ4n) is 1.01. The van der Waals surface area contributed by atoms with Gasteiger partial charge in [-0.1, -0.05) is 23.2 Å². The molecule has 1 aromatic rings. The van der Waals surface area contributed by atoms with Crippen molar-refractivity contribution in [2.75, 3.05) is 19.1 Å². The van der Waals surface area contributed by atoms with E-state index in [0.717, 1.165) is 0 Å². The van der Waals surface area contributed by atoms with Gasteiger partial charge in [-0.3, -0.25) is 9.74 Å². The fourth-order valence-corrected chi connectivity index (χ4v) is 1.52. The molecule has 0 radical (unpaired) electrons. The molecule has 0 unspecified atom stereocenters. The maximum Gasteiger partial charge on any atom is 0.345 e. The van der Waals surface area contributed by atoms with E-state index >= 15 is 0 Å². The molecule has 6 heteroatoms. The van der Waals surface area contributed by atoms with Gasteiger partial charge in [-0.2, -0.15) is 0 Å². The molecular weight excluding hydrogens is 239 g/mol. The first-order valence-electron chi connectivity index (χ1n) is 4.07. The van der Waals surface area contributed by atoms with E-state index in [9.17, 15) is 4.79 Å². The third-order valence-corrected chi connectivity index (χ3v) is 2.17. The van der Waals surface area contributed by atoms with Crippen LogP contribution in [0, 0.1) is 0 Å². The molecule has 4 nitrogen and oxygen atoms in total. The molecule has 0 aliphatic carbocycles. The van der Waals surface area contributed by atoms with E-state index in [1.807, 2.05) is 0 Å². The predicted molar refractivity (Wildman–Crippen MR) is 60.4 cm³/mol. The van der Waals surface area contributed by atoms with Crippen LogP contribution in [-0.2, 0) is 4.84 Å². The van der Waals surface area contributed by atoms with Crippen molar-refractivity contribution in [3.8, 4) is 0 Å². The van der Waals surface area contributed by atoms with Crippen molar-refractivity contribution in [1.29, 1.82) is 0 Å². The molecule has 15 heavy (non-hydrogen) atoms. The summed E-state index contributed by atoms with van der Waals surface area (Å²) in [6, 6.07) is 4.44. The molecule has 0 saturated heterocycles. The standard InChI is InChI=1S/C9H10Cl2N2O2/c1-13(9(14)12-15-2)8-4-6(10)3-7(11)5-8/h3-5H,1-2H3,(H,12,14). The molecule has 0 atom stereocenters. The summed E-state index contributed by atoms with van der Waals surface area (Å²) in [5, 5.41) is 0.934. The van der Waals surface area contributed by atoms with Crippen LogP contribution in [0.1, 0.15) is 0 Å². The van der Waals surface area contributed by atoms with Crippen LogP contribution in [0.3, 0.4) is 0 Å². The minimum Gasteiger partial charge on any atom is -0.296 e. The number of hydrogen-bond acceptors (Lipinski definition) is 2. The number of amides is 2. The normalized spacial score (nSPS) is 9.87. The molecular formula is C9H10Cl2N2O2. The molecule has 0 bridgehead atoms. The largest absolute Gasteiger partial charge is 0.345 e. The van der Waals surface area contributed by atoms with Gasteiger partial charge in [-0.05, 0) is 18.2 Å². The van der Waals surface area contributed by atoms with E-state index in [4.69, 9.17) is 23.2 Å². The monoisotopic (exact) mass is 248 g/mol. The number of halogens is 2. The Bertz CT molecular complexity index is 351. The van der Waals surface area contributed by atoms with Crippen molar-refractivity contribution in [2.24, 2.45) is 0 Å². The van der Waals surface area contributed by atoms with Gasteiger partial charge in [-0.25, -0.2) is 10.3 Å². The number of urea groups is 1. The van der Waals surface area contributed by atoms with Crippen molar-refractivity contribution >= 4 is 34.9 Å². The van der Waals surface area contributed by atoms with E-state index in [0.29, 0.717) is 15.7 Å². The van der Waals surface area contributed by atoms with Crippen molar-refractivity contribution < 1.29 is 9.63 Å². The van der Waals surface area contributed by atoms with Crippen LogP contribution >= 0.6 is 23.2 Å². The van der Waals surface area contributed by atoms with Crippen molar-refractivity contribution in [3.63, 3.8) is 0 Å². The Morgan fingerprint density at radius 1 is 1.33 bits per heavy atom. The smallest absolute Gasteiger partial charge is 0.296 e. The zero-order valence-corrected chi connectivity index (χ0v) is 9.76. The van der Waals surface area contributed by atoms with Crippen molar-refractivity contribution in [1.82, 2.24) is 5.48 Å². The van der Waals surface area contributed by atoms with Crippen LogP contribution in [-0.4, -0.2) is 20.2 Å². The summed E-state index contributed by atoms with van der Waals surface area (Å²) in [7, 11) is 2.94. The van der Waals surface area contributed by atoms with E-state index in [1.165, 1.54) is 12.0 Å². The van der Waals surface area contributed by atoms with E-state index < -0.39 is 6.03 Å². The average molecular weight is 249 g/mol. The van der Waals surface area contributed by atoms with Gasteiger partial charge < -0.3 is 0 Å². The molecule has 0 spiro atoms. The molecule has 0 aromatic heterocycles. The second-order valence-corrected chi connectivity index (χ2v) is 3.67. The van der Waals surface area contributed by atoms with Gasteiger partial charge in [0.2, 0.25) is 0 Å². The minimum atomic E-state index is -0.407. The Kier molecular flexibility index (Phi) is 4.20. The van der Waals surface area contributed by atoms with Crippen molar-refractivity contribution in [2.45, 2.75) is 0 Å². The zero-order chi connectivity index (χ0) is 11.4. The lowest BCUT2D eigenvalue weighted by atomic mass is 10.3. The molecule has 82 valence electrons. The first-order chi connectivity index (χ1) is 7.04. The highest BCUT2D eigenvalue weighted by Crippen LogP contribution is 2.24. The summed E-state index contributed by atoms with van der Waals surface area (Å²) in [6.07, 6.45) is 0. The molecule has 0 aliphatic heterocycles. The number of anilines is 1. The molecule has 0 heterocycles. The Morgan fingerprint density at radius 3 is 2.33 bits per heavy atom. The molecule has 1 rings (SSSR count). The number of rotatable bonds is 2. The van der Waals surface area contributed by atoms with Crippen LogP contribution < -0.4 is 10.4 Å². The van der Waals surface area contributed by atoms with Crippen LogP contribution in [0.4, 0.5) is 10.5 Å². The third kappa shape index (κ3) is 3.27. The number of nitrogens with one attached hydrogen (secondary N) is 1. The lowest BCUT2D eigenvalue weighted by Crippen LogP contribution is -2.36. The molecule has 2 amide bonds. The lowest BCUT2D eigenvalue weighted by Gasteiger charge is -2.17. The maximum atomic E-state index is 11.4. The SMILES string of the molecule is CONC(=O)N(C)c1cc(Cl)cc(Cl)c1. The molecule has 0 fully saturated rings. The van der Waals surface area contributed by atoms with Gasteiger partial charge in [0.1, 0.15) is 0 Å². The Labute approximate surface area is 97.7 Å². The Morgan fingerprint density at radius 2 is 1.87 bits per heavy atom. The van der Waals surface area contributed by atoms with Crippen LogP contribution in [0.15, 0.2) is 18.2 Å². The minimum absolute atomic E-state index is 0.407. The number of carbonyl (C=O) groups excluding carboxylic acids is 1. The van der Waals surface area contributed by atoms with Gasteiger partial charge in [0, 0.05) is 22.8 Å². The highest BCUT2D eigenvalue weighted by atomic mass is 35.5. The third-order valence-electron chi connectivity index (χ3n) is 1.73. The van der Waals surface area contributed by atoms with E-state index in [-0.39, 0.29) is 0 Å². The summed E-state index contributed by atoms with van der Waals surface area (Å²) in [4.78, 5) is 17.2. The van der Waals surface area contributed by atoms with E-state index in [2.05, 4.69) is 10.3 Å². The highest BCUT2D eigenvalue weighted by molar-refractivity contribution is 6.35. The van der Waals surface area contributed by atoms with Gasteiger partial charge in [0.25, 0.3) is 0 Å². The number of hydroxylamine groups is 1. The predicted octanol–water partition coefficient (Wildman–Crippen LogP) is 2.70. The average Bonchev–Trinajstić information content (AvgIpc) is 2.15. The lowest BCUT2D eigenvalue weighted by molar-refractivity contribution is 0.111. The van der Waals surface area contributed by atoms with Gasteiger partial charge in [0.15, 0.2) is 0 Å². The van der Waals surface area contributed by atoms with Gasteiger partial charge in [-0.15, -0.1) is 0 Å². The number of benzene rings is 1. The molecule has 1 aromatic carbocycles. The quantitative estimate of drug-likeness (QED) is 0.818. The Balaban J connectivity index is 2.90. The summed E-state index contributed by atoms with van der Waals surface area (Å²) in [5.41, 5.74) is 2.77. The molecule has 1 N–H and O–H groups in total. The first-order valence-corrected chi connectivity index (χ1v) is 4.83. The summed E-state index contributed by atoms with van der Waals surface area (Å²) >= 11 is 11.6. The molecule has 0 aliphatic rings. The fraction of sp³-hybridized carbons (Fsp3) is 0.222. The topological polar surface area (TPSA) is 41.6 Å². The number of hydrogen-bond donors (Lipinski definition) is 1. The van der Waals surface area contributed by atoms with Crippen LogP contribution in [0.25, 0.3) is 0 Å². The molecule has 0 saturated carbocycles. The van der Waals surface area contributed by atoms with Crippen LogP contribution in [0.5, 0.6) is 0 Å². The van der Waals surface area contributed by atoms with Crippen molar-refractivity contribution in [3.05, 3.63) is 28.2 Å². The highest BCUT2D eigenvalue weighted by Gasteiger charge is 2.11.